The number of hydrogen-bond acceptors (Lipinski definition) is 5. The zero-order chi connectivity index (χ0) is 23.3. The summed E-state index contributed by atoms with van der Waals surface area (Å²) in [5, 5.41) is 8.98. The lowest BCUT2D eigenvalue weighted by Crippen LogP contribution is -2.36. The number of piperidine rings is 1. The second-order valence-corrected chi connectivity index (χ2v) is 10.6. The average Bonchev–Trinajstić information content (AvgIpc) is 3.11. The van der Waals surface area contributed by atoms with Crippen LogP contribution in [-0.2, 0) is 21.2 Å². The predicted molar refractivity (Wildman–Crippen MR) is 127 cm³/mol. The molecule has 2 aromatic rings. The summed E-state index contributed by atoms with van der Waals surface area (Å²) in [6.45, 7) is 4.10. The summed E-state index contributed by atoms with van der Waals surface area (Å²) in [4.78, 5) is 17.4. The van der Waals surface area contributed by atoms with Gasteiger partial charge in [0, 0.05) is 45.0 Å². The van der Waals surface area contributed by atoms with Crippen LogP contribution in [0, 0.1) is 11.3 Å². The maximum absolute atomic E-state index is 12.9. The Labute approximate surface area is 196 Å². The summed E-state index contributed by atoms with van der Waals surface area (Å²) >= 11 is 0. The number of rotatable bonds is 5. The Balaban J connectivity index is 1.34. The van der Waals surface area contributed by atoms with Gasteiger partial charge in [-0.15, -0.1) is 0 Å². The molecule has 2 aliphatic heterocycles. The van der Waals surface area contributed by atoms with Crippen LogP contribution < -0.4 is 4.90 Å². The summed E-state index contributed by atoms with van der Waals surface area (Å²) in [5.74, 6) is 0.0586. The third-order valence-electron chi connectivity index (χ3n) is 6.44. The molecule has 0 unspecified atom stereocenters. The maximum Gasteiger partial charge on any atom is 0.243 e. The van der Waals surface area contributed by atoms with Gasteiger partial charge in [0.2, 0.25) is 15.9 Å². The number of benzene rings is 2. The highest BCUT2D eigenvalue weighted by Crippen LogP contribution is 2.22. The minimum absolute atomic E-state index is 0.0586. The molecule has 2 aromatic carbocycles. The normalized spacial score (nSPS) is 17.9. The Morgan fingerprint density at radius 2 is 1.52 bits per heavy atom. The van der Waals surface area contributed by atoms with Crippen LogP contribution in [0.25, 0.3) is 0 Å². The summed E-state index contributed by atoms with van der Waals surface area (Å²) in [6.07, 6.45) is 4.03. The van der Waals surface area contributed by atoms with Crippen LogP contribution in [0.1, 0.15) is 36.8 Å². The largest absolute Gasteiger partial charge is 0.370 e. The molecule has 7 nitrogen and oxygen atoms in total. The van der Waals surface area contributed by atoms with Crippen LogP contribution in [0.5, 0.6) is 0 Å². The van der Waals surface area contributed by atoms with E-state index in [1.165, 1.54) is 0 Å². The van der Waals surface area contributed by atoms with Gasteiger partial charge in [0.15, 0.2) is 0 Å². The Morgan fingerprint density at radius 3 is 2.18 bits per heavy atom. The summed E-state index contributed by atoms with van der Waals surface area (Å²) in [5.41, 5.74) is 2.53. The molecule has 2 fully saturated rings. The number of anilines is 1. The monoisotopic (exact) mass is 466 g/mol. The molecule has 1 amide bonds. The van der Waals surface area contributed by atoms with Crippen molar-refractivity contribution in [3.8, 4) is 6.07 Å². The van der Waals surface area contributed by atoms with Crippen LogP contribution in [0.15, 0.2) is 53.4 Å². The van der Waals surface area contributed by atoms with Gasteiger partial charge in [-0.25, -0.2) is 8.42 Å². The van der Waals surface area contributed by atoms with E-state index in [1.54, 1.807) is 28.6 Å². The van der Waals surface area contributed by atoms with Gasteiger partial charge in [0.25, 0.3) is 0 Å². The number of amides is 1. The third kappa shape index (κ3) is 5.55. The number of nitrogens with zero attached hydrogens (tertiary/aromatic N) is 4. The quantitative estimate of drug-likeness (QED) is 0.676. The fourth-order valence-electron chi connectivity index (χ4n) is 4.49. The van der Waals surface area contributed by atoms with Gasteiger partial charge in [-0.1, -0.05) is 18.6 Å². The molecule has 2 heterocycles. The fraction of sp³-hybridized carbons (Fsp3) is 0.440. The van der Waals surface area contributed by atoms with Crippen molar-refractivity contribution in [3.05, 3.63) is 59.7 Å². The second kappa shape index (κ2) is 10.4. The van der Waals surface area contributed by atoms with Crippen molar-refractivity contribution < 1.29 is 13.2 Å². The van der Waals surface area contributed by atoms with Crippen molar-refractivity contribution in [2.45, 2.75) is 37.0 Å². The van der Waals surface area contributed by atoms with E-state index in [4.69, 9.17) is 5.26 Å². The molecule has 0 bridgehead atoms. The smallest absolute Gasteiger partial charge is 0.243 e. The summed E-state index contributed by atoms with van der Waals surface area (Å²) < 4.78 is 27.2. The molecule has 8 heteroatoms. The van der Waals surface area contributed by atoms with Crippen molar-refractivity contribution in [2.24, 2.45) is 0 Å². The zero-order valence-corrected chi connectivity index (χ0v) is 19.6. The first-order valence-corrected chi connectivity index (χ1v) is 13.0. The van der Waals surface area contributed by atoms with Gasteiger partial charge in [-0.05, 0) is 61.2 Å². The highest BCUT2D eigenvalue weighted by Gasteiger charge is 2.26. The van der Waals surface area contributed by atoms with E-state index in [0.29, 0.717) is 36.6 Å². The zero-order valence-electron chi connectivity index (χ0n) is 18.8. The lowest BCUT2D eigenvalue weighted by molar-refractivity contribution is -0.130. The van der Waals surface area contributed by atoms with E-state index in [-0.39, 0.29) is 12.3 Å². The standard InChI is InChI=1S/C25H30N4O3S/c26-20-22-5-9-23(10-6-22)27-13-4-14-28(18-17-27)25(30)19-21-7-11-24(12-8-21)33(31,32)29-15-2-1-3-16-29/h5-12H,1-4,13-19H2. The molecular weight excluding hydrogens is 436 g/mol. The number of sulfonamides is 1. The highest BCUT2D eigenvalue weighted by molar-refractivity contribution is 7.89. The molecule has 0 spiro atoms. The highest BCUT2D eigenvalue weighted by atomic mass is 32.2. The summed E-state index contributed by atoms with van der Waals surface area (Å²) in [7, 11) is -3.45. The lowest BCUT2D eigenvalue weighted by Gasteiger charge is -2.26. The van der Waals surface area contributed by atoms with E-state index < -0.39 is 10.0 Å². The molecule has 33 heavy (non-hydrogen) atoms. The number of carbonyl (C=O) groups is 1. The van der Waals surface area contributed by atoms with Gasteiger partial charge in [-0.3, -0.25) is 4.79 Å². The number of nitriles is 1. The Kier molecular flexibility index (Phi) is 7.31. The van der Waals surface area contributed by atoms with Crippen molar-refractivity contribution in [2.75, 3.05) is 44.2 Å². The van der Waals surface area contributed by atoms with Crippen molar-refractivity contribution in [1.29, 1.82) is 5.26 Å². The lowest BCUT2D eigenvalue weighted by atomic mass is 10.1. The first kappa shape index (κ1) is 23.3. The van der Waals surface area contributed by atoms with E-state index in [2.05, 4.69) is 11.0 Å². The van der Waals surface area contributed by atoms with Gasteiger partial charge >= 0.3 is 0 Å². The van der Waals surface area contributed by atoms with Crippen molar-refractivity contribution >= 4 is 21.6 Å². The SMILES string of the molecule is N#Cc1ccc(N2CCCN(C(=O)Cc3ccc(S(=O)(=O)N4CCCCC4)cc3)CC2)cc1. The van der Waals surface area contributed by atoms with Gasteiger partial charge < -0.3 is 9.80 Å². The average molecular weight is 467 g/mol. The minimum Gasteiger partial charge on any atom is -0.370 e. The van der Waals surface area contributed by atoms with Crippen LogP contribution in [0.4, 0.5) is 5.69 Å². The van der Waals surface area contributed by atoms with E-state index in [9.17, 15) is 13.2 Å². The van der Waals surface area contributed by atoms with Crippen LogP contribution in [0.2, 0.25) is 0 Å². The molecule has 174 valence electrons. The van der Waals surface area contributed by atoms with E-state index in [1.807, 2.05) is 29.2 Å². The predicted octanol–water partition coefficient (Wildman–Crippen LogP) is 3.01. The molecule has 0 radical (unpaired) electrons. The third-order valence-corrected chi connectivity index (χ3v) is 8.35. The Hall–Kier alpha value is -2.89. The second-order valence-electron chi connectivity index (χ2n) is 8.67. The van der Waals surface area contributed by atoms with Gasteiger partial charge in [0.1, 0.15) is 0 Å². The van der Waals surface area contributed by atoms with Crippen LogP contribution in [0.3, 0.4) is 0 Å². The first-order valence-electron chi connectivity index (χ1n) is 11.6. The van der Waals surface area contributed by atoms with Crippen molar-refractivity contribution in [1.82, 2.24) is 9.21 Å². The number of carbonyl (C=O) groups excluding carboxylic acids is 1. The molecule has 0 N–H and O–H groups in total. The van der Waals surface area contributed by atoms with Crippen LogP contribution in [-0.4, -0.2) is 62.8 Å². The summed E-state index contributed by atoms with van der Waals surface area (Å²) in [6, 6.07) is 16.5. The molecule has 2 aliphatic rings. The van der Waals surface area contributed by atoms with E-state index >= 15 is 0 Å². The molecule has 0 aliphatic carbocycles. The van der Waals surface area contributed by atoms with Crippen LogP contribution >= 0.6 is 0 Å². The van der Waals surface area contributed by atoms with Gasteiger partial charge in [-0.2, -0.15) is 9.57 Å². The van der Waals surface area contributed by atoms with Crippen molar-refractivity contribution in [3.63, 3.8) is 0 Å². The maximum atomic E-state index is 12.9. The fourth-order valence-corrected chi connectivity index (χ4v) is 6.01. The molecule has 4 rings (SSSR count). The number of hydrogen-bond donors (Lipinski definition) is 0. The Bertz CT molecular complexity index is 1100. The topological polar surface area (TPSA) is 84.7 Å². The molecule has 0 aromatic heterocycles. The molecule has 0 saturated carbocycles. The molecule has 0 atom stereocenters. The minimum atomic E-state index is -3.45. The Morgan fingerprint density at radius 1 is 0.818 bits per heavy atom. The first-order chi connectivity index (χ1) is 16.0. The van der Waals surface area contributed by atoms with E-state index in [0.717, 1.165) is 50.0 Å². The molecule has 2 saturated heterocycles. The van der Waals surface area contributed by atoms with Gasteiger partial charge in [0.05, 0.1) is 22.9 Å². The molecular formula is C25H30N4O3S.